The van der Waals surface area contributed by atoms with Crippen molar-refractivity contribution < 1.29 is 17.6 Å². The molecule has 0 aliphatic carbocycles. The van der Waals surface area contributed by atoms with Crippen LogP contribution in [0.3, 0.4) is 0 Å². The Hall–Kier alpha value is -3.70. The normalized spacial score (nSPS) is 15.9. The summed E-state index contributed by atoms with van der Waals surface area (Å²) < 4.78 is 42.8. The summed E-state index contributed by atoms with van der Waals surface area (Å²) in [5.41, 5.74) is 2.68. The molecule has 4 heterocycles. The maximum absolute atomic E-state index is 14.7. The maximum atomic E-state index is 14.7. The Morgan fingerprint density at radius 3 is 2.48 bits per heavy atom. The number of nitrogens with one attached hydrogen (secondary N) is 3. The summed E-state index contributed by atoms with van der Waals surface area (Å²) >= 11 is 0. The van der Waals surface area contributed by atoms with E-state index >= 15 is 0 Å². The molecule has 1 saturated heterocycles. The van der Waals surface area contributed by atoms with Gasteiger partial charge in [-0.1, -0.05) is 59.3 Å². The molecule has 0 bridgehead atoms. The molecule has 4 rings (SSSR count). The van der Waals surface area contributed by atoms with Gasteiger partial charge in [0, 0.05) is 23.9 Å². The van der Waals surface area contributed by atoms with Gasteiger partial charge in [0.05, 0.1) is 17.3 Å². The Morgan fingerprint density at radius 1 is 1.07 bits per heavy atom. The number of hydrogen-bond acceptors (Lipinski definition) is 8. The molecule has 9 nitrogen and oxygen atoms in total. The van der Waals surface area contributed by atoms with E-state index in [1.54, 1.807) is 12.3 Å². The Morgan fingerprint density at radius 2 is 1.83 bits per heavy atom. The van der Waals surface area contributed by atoms with E-state index in [-0.39, 0.29) is 16.5 Å². The van der Waals surface area contributed by atoms with E-state index in [0.717, 1.165) is 30.8 Å². The van der Waals surface area contributed by atoms with Crippen LogP contribution in [0.2, 0.25) is 0 Å². The van der Waals surface area contributed by atoms with Crippen LogP contribution in [0, 0.1) is 5.95 Å². The average Bonchev–Trinajstić information content (AvgIpc) is 3.44. The summed E-state index contributed by atoms with van der Waals surface area (Å²) in [4.78, 5) is 25.5. The fourth-order valence-electron chi connectivity index (χ4n) is 4.48. The molecule has 224 valence electrons. The van der Waals surface area contributed by atoms with E-state index in [1.807, 2.05) is 31.6 Å². The van der Waals surface area contributed by atoms with Gasteiger partial charge in [0.2, 0.25) is 5.95 Å². The first-order valence-electron chi connectivity index (χ1n) is 14.0. The lowest BCUT2D eigenvalue weighted by Crippen LogP contribution is -2.32. The van der Waals surface area contributed by atoms with Crippen molar-refractivity contribution in [2.24, 2.45) is 0 Å². The monoisotopic (exact) mass is 594 g/mol. The molecule has 3 aromatic rings. The predicted molar refractivity (Wildman–Crippen MR) is 161 cm³/mol. The Bertz CT molecular complexity index is 1580. The Labute approximate surface area is 247 Å². The first-order valence-corrected chi connectivity index (χ1v) is 15.4. The summed E-state index contributed by atoms with van der Waals surface area (Å²) in [5.74, 6) is -1.87. The molecular weight excluding hydrogens is 555 g/mol. The van der Waals surface area contributed by atoms with E-state index in [1.165, 1.54) is 29.8 Å². The molecule has 3 N–H and O–H groups in total. The molecule has 0 saturated carbocycles. The molecule has 1 atom stereocenters. The summed E-state index contributed by atoms with van der Waals surface area (Å²) in [5, 5.41) is 6.29. The number of halogens is 1. The zero-order valence-corrected chi connectivity index (χ0v) is 25.8. The number of carbonyl (C=O) groups excluding carboxylic acids is 1. The lowest BCUT2D eigenvalue weighted by atomic mass is 9.86. The zero-order valence-electron chi connectivity index (χ0n) is 25.0. The molecule has 1 unspecified atom stereocenters. The van der Waals surface area contributed by atoms with Crippen LogP contribution in [0.4, 0.5) is 10.2 Å². The van der Waals surface area contributed by atoms with E-state index in [4.69, 9.17) is 0 Å². The largest absolute Gasteiger partial charge is 0.361 e. The van der Waals surface area contributed by atoms with Crippen molar-refractivity contribution in [2.45, 2.75) is 76.3 Å². The summed E-state index contributed by atoms with van der Waals surface area (Å²) in [6, 6.07) is 11.0. The minimum absolute atomic E-state index is 0.0808. The number of amides is 1. The fourth-order valence-corrected chi connectivity index (χ4v) is 5.41. The van der Waals surface area contributed by atoms with Crippen LogP contribution in [-0.2, 0) is 20.9 Å². The highest BCUT2D eigenvalue weighted by molar-refractivity contribution is 7.90. The van der Waals surface area contributed by atoms with E-state index in [9.17, 15) is 17.6 Å². The van der Waals surface area contributed by atoms with Crippen molar-refractivity contribution in [3.8, 4) is 0 Å². The summed E-state index contributed by atoms with van der Waals surface area (Å²) in [6.45, 7) is 13.7. The topological polar surface area (TPSA) is 126 Å². The number of hydrogen-bond donors (Lipinski definition) is 3. The van der Waals surface area contributed by atoms with Crippen molar-refractivity contribution in [1.29, 1.82) is 0 Å². The van der Waals surface area contributed by atoms with E-state index in [2.05, 4.69) is 58.5 Å². The zero-order chi connectivity index (χ0) is 30.7. The molecule has 1 fully saturated rings. The van der Waals surface area contributed by atoms with Gasteiger partial charge >= 0.3 is 0 Å². The van der Waals surface area contributed by atoms with Crippen molar-refractivity contribution in [3.63, 3.8) is 0 Å². The van der Waals surface area contributed by atoms with Crippen LogP contribution in [0.5, 0.6) is 0 Å². The van der Waals surface area contributed by atoms with Crippen molar-refractivity contribution in [2.75, 3.05) is 18.4 Å². The van der Waals surface area contributed by atoms with Gasteiger partial charge in [0.15, 0.2) is 5.03 Å². The van der Waals surface area contributed by atoms with Crippen molar-refractivity contribution in [1.82, 2.24) is 25.0 Å². The number of sulfonamides is 1. The van der Waals surface area contributed by atoms with Gasteiger partial charge in [-0.15, -0.1) is 0 Å². The van der Waals surface area contributed by atoms with Gasteiger partial charge in [-0.2, -0.15) is 12.8 Å². The van der Waals surface area contributed by atoms with Gasteiger partial charge in [0.1, 0.15) is 5.82 Å². The minimum Gasteiger partial charge on any atom is -0.361 e. The van der Waals surface area contributed by atoms with Crippen LogP contribution in [0.25, 0.3) is 0 Å². The fraction of sp³-hybridized carbons (Fsp3) is 0.419. The van der Waals surface area contributed by atoms with Gasteiger partial charge in [-0.25, -0.2) is 14.7 Å². The number of pyridine rings is 3. The Kier molecular flexibility index (Phi) is 9.12. The van der Waals surface area contributed by atoms with Gasteiger partial charge in [-0.05, 0) is 66.8 Å². The third-order valence-corrected chi connectivity index (χ3v) is 8.26. The predicted octanol–water partition coefficient (Wildman–Crippen LogP) is 5.19. The van der Waals surface area contributed by atoms with Gasteiger partial charge < -0.3 is 10.6 Å². The number of anilines is 1. The molecule has 3 aromatic heterocycles. The lowest BCUT2D eigenvalue weighted by molar-refractivity contribution is 0.0976. The third-order valence-electron chi connectivity index (χ3n) is 7.03. The van der Waals surface area contributed by atoms with E-state index in [0.29, 0.717) is 17.9 Å². The van der Waals surface area contributed by atoms with Crippen LogP contribution in [-0.4, -0.2) is 42.4 Å². The van der Waals surface area contributed by atoms with E-state index < -0.39 is 32.9 Å². The Balaban J connectivity index is 1.58. The molecule has 0 spiro atoms. The lowest BCUT2D eigenvalue weighted by Gasteiger charge is -2.23. The molecule has 1 aliphatic heterocycles. The second-order valence-electron chi connectivity index (χ2n) is 12.5. The average molecular weight is 595 g/mol. The number of aromatic nitrogens is 3. The minimum atomic E-state index is -4.42. The quantitative estimate of drug-likeness (QED) is 0.240. The van der Waals surface area contributed by atoms with Crippen LogP contribution < -0.4 is 15.4 Å². The standard InChI is InChI=1S/C31H39FN6O3S/c1-30(2,3)21-15-17-34-24(18-21)23(12-10-20-14-16-33-19-20)35-26-8-7-9-27(37-26)42(40,41)38-29(39)22-11-13-25(31(4,5)6)36-28(22)32/h7-11,13,15,17-18,23,33H,12,14,16,19H2,1-6H3,(H,35,37)(H,38,39)/b20-10-. The maximum Gasteiger partial charge on any atom is 0.281 e. The highest BCUT2D eigenvalue weighted by Gasteiger charge is 2.26. The second kappa shape index (κ2) is 12.3. The molecular formula is C31H39FN6O3S. The molecule has 0 radical (unpaired) electrons. The van der Waals surface area contributed by atoms with Crippen LogP contribution in [0.1, 0.15) is 87.7 Å². The number of carbonyl (C=O) groups is 1. The highest BCUT2D eigenvalue weighted by Crippen LogP contribution is 2.28. The first-order chi connectivity index (χ1) is 19.6. The molecule has 1 amide bonds. The van der Waals surface area contributed by atoms with Crippen LogP contribution in [0.15, 0.2) is 65.3 Å². The highest BCUT2D eigenvalue weighted by atomic mass is 32.2. The SMILES string of the molecule is CC(C)(C)c1ccnc(C(C/C=C2/CCNC2)Nc2cccc(S(=O)(=O)NC(=O)c3ccc(C(C)(C)C)nc3F)n2)c1. The van der Waals surface area contributed by atoms with Crippen molar-refractivity contribution >= 4 is 21.7 Å². The summed E-state index contributed by atoms with van der Waals surface area (Å²) in [6.07, 6.45) is 5.55. The molecule has 0 aromatic carbocycles. The summed E-state index contributed by atoms with van der Waals surface area (Å²) in [7, 11) is -4.42. The number of rotatable bonds is 8. The molecule has 42 heavy (non-hydrogen) atoms. The third kappa shape index (κ3) is 7.77. The molecule has 1 aliphatic rings. The van der Waals surface area contributed by atoms with Gasteiger partial charge in [0.25, 0.3) is 15.9 Å². The smallest absolute Gasteiger partial charge is 0.281 e. The van der Waals surface area contributed by atoms with Gasteiger partial charge in [-0.3, -0.25) is 9.78 Å². The first kappa shape index (κ1) is 31.2. The molecule has 11 heteroatoms. The number of nitrogens with zero attached hydrogens (tertiary/aromatic N) is 3. The van der Waals surface area contributed by atoms with Crippen molar-refractivity contribution in [3.05, 3.63) is 88.8 Å². The second-order valence-corrected chi connectivity index (χ2v) is 14.2. The van der Waals surface area contributed by atoms with Crippen LogP contribution >= 0.6 is 0 Å².